The van der Waals surface area contributed by atoms with Gasteiger partial charge in [0, 0.05) is 11.6 Å². The fraction of sp³-hybridized carbons (Fsp3) is 0.500. The first-order valence-corrected chi connectivity index (χ1v) is 8.44. The molecule has 0 aromatic heterocycles. The fourth-order valence-corrected chi connectivity index (χ4v) is 4.14. The molecule has 3 N–H and O–H groups in total. The molecule has 4 unspecified atom stereocenters. The molecule has 6 heteroatoms. The summed E-state index contributed by atoms with van der Waals surface area (Å²) in [6, 6.07) is 7.92. The van der Waals surface area contributed by atoms with E-state index in [4.69, 9.17) is 5.26 Å². The minimum atomic E-state index is -0.415. The highest BCUT2D eigenvalue weighted by Gasteiger charge is 2.42. The third kappa shape index (κ3) is 3.51. The summed E-state index contributed by atoms with van der Waals surface area (Å²) in [4.78, 5) is 23.9. The average Bonchev–Trinajstić information content (AvgIpc) is 3.23. The van der Waals surface area contributed by atoms with Gasteiger partial charge in [-0.25, -0.2) is 10.2 Å². The van der Waals surface area contributed by atoms with Gasteiger partial charge in [0.1, 0.15) is 0 Å². The Hall–Kier alpha value is -2.55. The van der Waals surface area contributed by atoms with E-state index in [9.17, 15) is 9.59 Å². The van der Waals surface area contributed by atoms with Crippen LogP contribution in [0, 0.1) is 29.1 Å². The number of benzene rings is 1. The summed E-state index contributed by atoms with van der Waals surface area (Å²) in [5.41, 5.74) is 5.64. The molecule has 0 heterocycles. The Morgan fingerprint density at radius 1 is 1.17 bits per heavy atom. The highest BCUT2D eigenvalue weighted by molar-refractivity contribution is 5.95. The molecule has 4 atom stereocenters. The van der Waals surface area contributed by atoms with Crippen molar-refractivity contribution in [3.63, 3.8) is 0 Å². The van der Waals surface area contributed by atoms with Crippen LogP contribution in [0.1, 0.15) is 48.5 Å². The number of hydrazine groups is 1. The van der Waals surface area contributed by atoms with Crippen LogP contribution in [0.2, 0.25) is 0 Å². The topological polar surface area (TPSA) is 94.0 Å². The lowest BCUT2D eigenvalue weighted by atomic mass is 9.84. The molecule has 2 aliphatic carbocycles. The van der Waals surface area contributed by atoms with Gasteiger partial charge in [-0.05, 0) is 68.2 Å². The van der Waals surface area contributed by atoms with Crippen molar-refractivity contribution in [3.05, 3.63) is 35.4 Å². The van der Waals surface area contributed by atoms with Gasteiger partial charge in [0.25, 0.3) is 5.91 Å². The molecule has 3 rings (SSSR count). The van der Waals surface area contributed by atoms with E-state index in [1.54, 1.807) is 24.3 Å². The van der Waals surface area contributed by atoms with Gasteiger partial charge in [-0.3, -0.25) is 10.2 Å². The van der Waals surface area contributed by atoms with Crippen LogP contribution in [0.4, 0.5) is 4.79 Å². The van der Waals surface area contributed by atoms with Crippen LogP contribution in [0.25, 0.3) is 0 Å². The molecule has 2 bridgehead atoms. The van der Waals surface area contributed by atoms with E-state index in [2.05, 4.69) is 16.2 Å². The standard InChI is InChI=1S/C18H22N4O2/c1-11(16-9-13-4-7-15(16)8-13)20-18(24)22-21-17(23)14-5-2-12(10-19)3-6-14/h2-3,5-6,11,13,15-16H,4,7-9H2,1H3,(H,21,23)(H2,20,22,24). The number of fused-ring (bicyclic) bond motifs is 2. The minimum Gasteiger partial charge on any atom is -0.334 e. The zero-order valence-electron chi connectivity index (χ0n) is 13.7. The molecule has 3 amide bonds. The Balaban J connectivity index is 1.45. The summed E-state index contributed by atoms with van der Waals surface area (Å²) in [5.74, 6) is 1.70. The molecular weight excluding hydrogens is 304 g/mol. The molecule has 0 saturated heterocycles. The first-order chi connectivity index (χ1) is 11.6. The predicted molar refractivity (Wildman–Crippen MR) is 88.7 cm³/mol. The third-order valence-electron chi connectivity index (χ3n) is 5.36. The summed E-state index contributed by atoms with van der Waals surface area (Å²) in [5, 5.41) is 11.7. The van der Waals surface area contributed by atoms with E-state index in [0.717, 1.165) is 11.8 Å². The van der Waals surface area contributed by atoms with Gasteiger partial charge in [0.2, 0.25) is 0 Å². The highest BCUT2D eigenvalue weighted by Crippen LogP contribution is 2.49. The van der Waals surface area contributed by atoms with Crippen LogP contribution in [0.3, 0.4) is 0 Å². The summed E-state index contributed by atoms with van der Waals surface area (Å²) in [7, 11) is 0. The van der Waals surface area contributed by atoms with Gasteiger partial charge in [-0.2, -0.15) is 5.26 Å². The summed E-state index contributed by atoms with van der Waals surface area (Å²) in [6.07, 6.45) is 5.11. The van der Waals surface area contributed by atoms with E-state index >= 15 is 0 Å². The predicted octanol–water partition coefficient (Wildman–Crippen LogP) is 2.33. The second-order valence-electron chi connectivity index (χ2n) is 6.87. The van der Waals surface area contributed by atoms with Crippen molar-refractivity contribution in [2.45, 2.75) is 38.6 Å². The molecule has 1 aromatic rings. The fourth-order valence-electron chi connectivity index (χ4n) is 4.14. The van der Waals surface area contributed by atoms with Crippen LogP contribution in [-0.4, -0.2) is 18.0 Å². The Morgan fingerprint density at radius 3 is 2.50 bits per heavy atom. The van der Waals surface area contributed by atoms with E-state index < -0.39 is 11.9 Å². The molecule has 126 valence electrons. The molecule has 0 spiro atoms. The van der Waals surface area contributed by atoms with Crippen molar-refractivity contribution in [3.8, 4) is 6.07 Å². The van der Waals surface area contributed by atoms with Crippen molar-refractivity contribution in [1.82, 2.24) is 16.2 Å². The first-order valence-electron chi connectivity index (χ1n) is 8.44. The maximum Gasteiger partial charge on any atom is 0.333 e. The number of nitrogens with zero attached hydrogens (tertiary/aromatic N) is 1. The van der Waals surface area contributed by atoms with Crippen LogP contribution in [0.5, 0.6) is 0 Å². The van der Waals surface area contributed by atoms with Crippen molar-refractivity contribution in [2.75, 3.05) is 0 Å². The lowest BCUT2D eigenvalue weighted by molar-refractivity contribution is 0.0935. The zero-order valence-corrected chi connectivity index (χ0v) is 13.7. The van der Waals surface area contributed by atoms with Gasteiger partial charge in [0.05, 0.1) is 11.6 Å². The van der Waals surface area contributed by atoms with E-state index in [1.807, 2.05) is 13.0 Å². The van der Waals surface area contributed by atoms with Crippen molar-refractivity contribution in [2.24, 2.45) is 17.8 Å². The van der Waals surface area contributed by atoms with Gasteiger partial charge in [-0.1, -0.05) is 6.42 Å². The normalized spacial score (nSPS) is 25.6. The van der Waals surface area contributed by atoms with Crippen molar-refractivity contribution in [1.29, 1.82) is 5.26 Å². The second-order valence-corrected chi connectivity index (χ2v) is 6.87. The number of nitrogens with one attached hydrogen (secondary N) is 3. The number of rotatable bonds is 3. The Morgan fingerprint density at radius 2 is 1.92 bits per heavy atom. The molecule has 0 radical (unpaired) electrons. The molecule has 6 nitrogen and oxygen atoms in total. The maximum atomic E-state index is 12.0. The third-order valence-corrected chi connectivity index (χ3v) is 5.36. The second kappa shape index (κ2) is 6.91. The zero-order chi connectivity index (χ0) is 17.1. The number of hydrogen-bond donors (Lipinski definition) is 3. The van der Waals surface area contributed by atoms with Gasteiger partial charge in [0.15, 0.2) is 0 Å². The van der Waals surface area contributed by atoms with E-state index in [0.29, 0.717) is 17.0 Å². The first kappa shape index (κ1) is 16.3. The Bertz CT molecular complexity index is 665. The SMILES string of the molecule is CC(NC(=O)NNC(=O)c1ccc(C#N)cc1)C1CC2CCC1C2. The van der Waals surface area contributed by atoms with Gasteiger partial charge in [-0.15, -0.1) is 0 Å². The largest absolute Gasteiger partial charge is 0.334 e. The van der Waals surface area contributed by atoms with Crippen molar-refractivity contribution < 1.29 is 9.59 Å². The average molecular weight is 326 g/mol. The number of carbonyl (C=O) groups is 2. The maximum absolute atomic E-state index is 12.0. The van der Waals surface area contributed by atoms with E-state index in [-0.39, 0.29) is 6.04 Å². The number of carbonyl (C=O) groups excluding carboxylic acids is 2. The summed E-state index contributed by atoms with van der Waals surface area (Å²) in [6.45, 7) is 2.04. The lowest BCUT2D eigenvalue weighted by Crippen LogP contribution is -2.51. The van der Waals surface area contributed by atoms with Crippen LogP contribution >= 0.6 is 0 Å². The molecule has 1 aromatic carbocycles. The number of urea groups is 1. The molecule has 2 saturated carbocycles. The van der Waals surface area contributed by atoms with Crippen molar-refractivity contribution >= 4 is 11.9 Å². The van der Waals surface area contributed by atoms with Crippen LogP contribution in [0.15, 0.2) is 24.3 Å². The number of hydrogen-bond acceptors (Lipinski definition) is 3. The lowest BCUT2D eigenvalue weighted by Gasteiger charge is -2.28. The smallest absolute Gasteiger partial charge is 0.333 e. The molecule has 0 aliphatic heterocycles. The minimum absolute atomic E-state index is 0.104. The number of nitriles is 1. The highest BCUT2D eigenvalue weighted by atomic mass is 16.2. The Labute approximate surface area is 141 Å². The van der Waals surface area contributed by atoms with Crippen LogP contribution in [-0.2, 0) is 0 Å². The molecule has 2 aliphatic rings. The van der Waals surface area contributed by atoms with Crippen LogP contribution < -0.4 is 16.2 Å². The molecule has 2 fully saturated rings. The summed E-state index contributed by atoms with van der Waals surface area (Å²) >= 11 is 0. The summed E-state index contributed by atoms with van der Waals surface area (Å²) < 4.78 is 0. The molecule has 24 heavy (non-hydrogen) atoms. The Kier molecular flexibility index (Phi) is 4.70. The van der Waals surface area contributed by atoms with E-state index in [1.165, 1.54) is 25.7 Å². The van der Waals surface area contributed by atoms with Gasteiger partial charge >= 0.3 is 6.03 Å². The monoisotopic (exact) mass is 326 g/mol. The van der Waals surface area contributed by atoms with Gasteiger partial charge < -0.3 is 5.32 Å². The number of amides is 3. The quantitative estimate of drug-likeness (QED) is 0.744. The molecular formula is C18H22N4O2.